The van der Waals surface area contributed by atoms with E-state index in [4.69, 9.17) is 9.47 Å². The van der Waals surface area contributed by atoms with E-state index in [0.717, 1.165) is 17.9 Å². The second-order valence-corrected chi connectivity index (χ2v) is 5.62. The van der Waals surface area contributed by atoms with Gasteiger partial charge in [-0.3, -0.25) is 4.79 Å². The lowest BCUT2D eigenvalue weighted by Gasteiger charge is -2.22. The fourth-order valence-electron chi connectivity index (χ4n) is 2.88. The van der Waals surface area contributed by atoms with Gasteiger partial charge in [-0.1, -0.05) is 12.1 Å². The van der Waals surface area contributed by atoms with Crippen LogP contribution in [0.5, 0.6) is 11.5 Å². The first-order chi connectivity index (χ1) is 10.1. The third-order valence-corrected chi connectivity index (χ3v) is 3.81. The Hall–Kier alpha value is -1.75. The molecule has 2 unspecified atom stereocenters. The van der Waals surface area contributed by atoms with Crippen LogP contribution in [0.15, 0.2) is 18.2 Å². The topological polar surface area (TPSA) is 59.6 Å². The average molecular weight is 292 g/mol. The molecular formula is C16H24N2O3. The number of carbonyl (C=O) groups excluding carboxylic acids is 1. The number of ether oxygens (including phenoxy) is 2. The van der Waals surface area contributed by atoms with Gasteiger partial charge in [-0.15, -0.1) is 0 Å². The summed E-state index contributed by atoms with van der Waals surface area (Å²) >= 11 is 0. The van der Waals surface area contributed by atoms with E-state index in [-0.39, 0.29) is 23.8 Å². The highest BCUT2D eigenvalue weighted by atomic mass is 16.5. The van der Waals surface area contributed by atoms with E-state index in [2.05, 4.69) is 10.6 Å². The molecule has 1 fully saturated rings. The van der Waals surface area contributed by atoms with Crippen LogP contribution in [0.1, 0.15) is 25.3 Å². The Labute approximate surface area is 126 Å². The number of rotatable bonds is 5. The molecule has 5 heteroatoms. The van der Waals surface area contributed by atoms with Crippen LogP contribution in [-0.4, -0.2) is 39.3 Å². The van der Waals surface area contributed by atoms with Crippen molar-refractivity contribution in [2.24, 2.45) is 5.92 Å². The molecule has 21 heavy (non-hydrogen) atoms. The number of hydrogen-bond acceptors (Lipinski definition) is 4. The molecule has 1 aliphatic rings. The van der Waals surface area contributed by atoms with Gasteiger partial charge in [0.25, 0.3) is 0 Å². The molecule has 2 rings (SSSR count). The highest BCUT2D eigenvalue weighted by molar-refractivity contribution is 5.81. The predicted molar refractivity (Wildman–Crippen MR) is 81.9 cm³/mol. The number of benzene rings is 1. The van der Waals surface area contributed by atoms with Gasteiger partial charge in [0.05, 0.1) is 20.1 Å². The first kappa shape index (κ1) is 15.6. The zero-order valence-corrected chi connectivity index (χ0v) is 13.1. The van der Waals surface area contributed by atoms with E-state index in [9.17, 15) is 4.79 Å². The van der Waals surface area contributed by atoms with Crippen molar-refractivity contribution in [1.29, 1.82) is 0 Å². The van der Waals surface area contributed by atoms with Crippen LogP contribution in [0.25, 0.3) is 0 Å². The molecule has 1 saturated heterocycles. The Morgan fingerprint density at radius 2 is 2.05 bits per heavy atom. The molecule has 0 saturated carbocycles. The minimum Gasteiger partial charge on any atom is -0.493 e. The van der Waals surface area contributed by atoms with Gasteiger partial charge < -0.3 is 20.1 Å². The van der Waals surface area contributed by atoms with Gasteiger partial charge in [-0.25, -0.2) is 0 Å². The van der Waals surface area contributed by atoms with Gasteiger partial charge in [0.2, 0.25) is 5.91 Å². The number of methoxy groups -OCH3 is 2. The zero-order valence-electron chi connectivity index (χ0n) is 13.1. The third-order valence-electron chi connectivity index (χ3n) is 3.81. The van der Waals surface area contributed by atoms with Crippen molar-refractivity contribution in [2.45, 2.75) is 25.8 Å². The monoisotopic (exact) mass is 292 g/mol. The zero-order chi connectivity index (χ0) is 15.4. The maximum atomic E-state index is 12.4. The fourth-order valence-corrected chi connectivity index (χ4v) is 2.88. The van der Waals surface area contributed by atoms with Crippen LogP contribution in [0.3, 0.4) is 0 Å². The summed E-state index contributed by atoms with van der Waals surface area (Å²) < 4.78 is 10.9. The summed E-state index contributed by atoms with van der Waals surface area (Å²) in [6.45, 7) is 5.39. The average Bonchev–Trinajstić information content (AvgIpc) is 2.94. The van der Waals surface area contributed by atoms with Crippen molar-refractivity contribution in [2.75, 3.05) is 27.3 Å². The lowest BCUT2D eigenvalue weighted by molar-refractivity contribution is -0.125. The van der Waals surface area contributed by atoms with E-state index in [1.165, 1.54) is 0 Å². The molecular weight excluding hydrogens is 268 g/mol. The van der Waals surface area contributed by atoms with Gasteiger partial charge in [-0.2, -0.15) is 0 Å². The summed E-state index contributed by atoms with van der Waals surface area (Å²) in [7, 11) is 3.25. The number of carbonyl (C=O) groups is 1. The van der Waals surface area contributed by atoms with E-state index < -0.39 is 0 Å². The number of para-hydroxylation sites is 1. The first-order valence-corrected chi connectivity index (χ1v) is 7.30. The van der Waals surface area contributed by atoms with Gasteiger partial charge in [0.1, 0.15) is 0 Å². The lowest BCUT2D eigenvalue weighted by Crippen LogP contribution is -2.38. The highest BCUT2D eigenvalue weighted by Crippen LogP contribution is 2.39. The summed E-state index contributed by atoms with van der Waals surface area (Å²) in [5, 5.41) is 6.31. The molecule has 116 valence electrons. The second kappa shape index (κ2) is 6.80. The van der Waals surface area contributed by atoms with E-state index in [1.807, 2.05) is 32.0 Å². The summed E-state index contributed by atoms with van der Waals surface area (Å²) in [5.74, 6) is 1.51. The Bertz CT molecular complexity index is 502. The minimum absolute atomic E-state index is 0.0878. The molecule has 1 amide bonds. The third kappa shape index (κ3) is 3.29. The van der Waals surface area contributed by atoms with Crippen LogP contribution in [0.4, 0.5) is 0 Å². The summed E-state index contributed by atoms with van der Waals surface area (Å²) in [6.07, 6.45) is 0. The van der Waals surface area contributed by atoms with Crippen molar-refractivity contribution in [3.05, 3.63) is 23.8 Å². The summed E-state index contributed by atoms with van der Waals surface area (Å²) in [6, 6.07) is 5.96. The van der Waals surface area contributed by atoms with E-state index in [1.54, 1.807) is 14.2 Å². The quantitative estimate of drug-likeness (QED) is 0.864. The van der Waals surface area contributed by atoms with Gasteiger partial charge in [0.15, 0.2) is 11.5 Å². The molecule has 1 aliphatic heterocycles. The normalized spacial score (nSPS) is 21.4. The maximum Gasteiger partial charge on any atom is 0.225 e. The standard InChI is InChI=1S/C16H24N2O3/c1-10(2)18-16(19)13-9-17-8-12(13)11-6-5-7-14(20-3)15(11)21-4/h5-7,10,12-13,17H,8-9H2,1-4H3,(H,18,19). The van der Waals surface area contributed by atoms with Gasteiger partial charge in [0, 0.05) is 30.6 Å². The molecule has 1 heterocycles. The molecule has 2 atom stereocenters. The summed E-state index contributed by atoms with van der Waals surface area (Å²) in [5.41, 5.74) is 1.02. The maximum absolute atomic E-state index is 12.4. The van der Waals surface area contributed by atoms with Crippen LogP contribution in [-0.2, 0) is 4.79 Å². The summed E-state index contributed by atoms with van der Waals surface area (Å²) in [4.78, 5) is 12.4. The molecule has 2 N–H and O–H groups in total. The van der Waals surface area contributed by atoms with Crippen molar-refractivity contribution < 1.29 is 14.3 Å². The van der Waals surface area contributed by atoms with Crippen molar-refractivity contribution in [3.8, 4) is 11.5 Å². The Morgan fingerprint density at radius 1 is 1.29 bits per heavy atom. The number of nitrogens with one attached hydrogen (secondary N) is 2. The van der Waals surface area contributed by atoms with Crippen LogP contribution >= 0.6 is 0 Å². The molecule has 1 aromatic rings. The molecule has 0 radical (unpaired) electrons. The second-order valence-electron chi connectivity index (χ2n) is 5.62. The molecule has 0 bridgehead atoms. The predicted octanol–water partition coefficient (Wildman–Crippen LogP) is 1.53. The Balaban J connectivity index is 2.30. The van der Waals surface area contributed by atoms with E-state index >= 15 is 0 Å². The molecule has 0 aromatic heterocycles. The molecule has 0 spiro atoms. The van der Waals surface area contributed by atoms with Crippen LogP contribution in [0, 0.1) is 5.92 Å². The largest absolute Gasteiger partial charge is 0.493 e. The number of hydrogen-bond donors (Lipinski definition) is 2. The van der Waals surface area contributed by atoms with Gasteiger partial charge in [-0.05, 0) is 19.9 Å². The lowest BCUT2D eigenvalue weighted by atomic mass is 9.87. The van der Waals surface area contributed by atoms with Crippen LogP contribution in [0.2, 0.25) is 0 Å². The smallest absolute Gasteiger partial charge is 0.225 e. The minimum atomic E-state index is -0.0894. The van der Waals surface area contributed by atoms with E-state index in [0.29, 0.717) is 12.3 Å². The number of amides is 1. The SMILES string of the molecule is COc1cccc(C2CNCC2C(=O)NC(C)C)c1OC. The van der Waals surface area contributed by atoms with Crippen LogP contribution < -0.4 is 20.1 Å². The van der Waals surface area contributed by atoms with Crippen molar-refractivity contribution in [3.63, 3.8) is 0 Å². The molecule has 1 aromatic carbocycles. The Kier molecular flexibility index (Phi) is 5.07. The fraction of sp³-hybridized carbons (Fsp3) is 0.562. The Morgan fingerprint density at radius 3 is 2.67 bits per heavy atom. The van der Waals surface area contributed by atoms with Gasteiger partial charge >= 0.3 is 0 Å². The molecule has 0 aliphatic carbocycles. The highest BCUT2D eigenvalue weighted by Gasteiger charge is 2.36. The van der Waals surface area contributed by atoms with Crippen molar-refractivity contribution >= 4 is 5.91 Å². The first-order valence-electron chi connectivity index (χ1n) is 7.30. The van der Waals surface area contributed by atoms with Crippen molar-refractivity contribution in [1.82, 2.24) is 10.6 Å². The molecule has 5 nitrogen and oxygen atoms in total.